The number of carbonyl (C=O) groups excluding carboxylic acids is 1. The van der Waals surface area contributed by atoms with Crippen LogP contribution in [-0.2, 0) is 11.3 Å². The fourth-order valence-corrected chi connectivity index (χ4v) is 2.03. The van der Waals surface area contributed by atoms with E-state index in [1.165, 1.54) is 5.56 Å². The van der Waals surface area contributed by atoms with E-state index < -0.39 is 6.03 Å². The Morgan fingerprint density at radius 2 is 2.11 bits per heavy atom. The van der Waals surface area contributed by atoms with Crippen LogP contribution in [0.5, 0.6) is 0 Å². The highest BCUT2D eigenvalue weighted by molar-refractivity contribution is 5.85. The molecule has 2 amide bonds. The molecule has 0 saturated carbocycles. The standard InChI is InChI=1S/C14H21N3O2/c1-5-19-8-13-10(3)6-9(2)12(11(13)4)7-16-17-14(15)18/h6-7H,5,8H2,1-4H3,(H3,15,17,18)/b16-7-. The summed E-state index contributed by atoms with van der Waals surface area (Å²) in [6.07, 6.45) is 1.62. The zero-order valence-corrected chi connectivity index (χ0v) is 11.9. The number of hydrogen-bond acceptors (Lipinski definition) is 3. The van der Waals surface area contributed by atoms with E-state index in [1.54, 1.807) is 6.21 Å². The van der Waals surface area contributed by atoms with E-state index in [9.17, 15) is 4.79 Å². The molecule has 0 aliphatic heterocycles. The lowest BCUT2D eigenvalue weighted by molar-refractivity contribution is 0.133. The molecule has 0 bridgehead atoms. The molecule has 1 aromatic carbocycles. The van der Waals surface area contributed by atoms with Gasteiger partial charge in [-0.05, 0) is 49.9 Å². The van der Waals surface area contributed by atoms with Gasteiger partial charge in [-0.25, -0.2) is 10.2 Å². The number of urea groups is 1. The molecule has 3 N–H and O–H groups in total. The minimum Gasteiger partial charge on any atom is -0.377 e. The van der Waals surface area contributed by atoms with Crippen LogP contribution in [0.25, 0.3) is 0 Å². The molecule has 0 spiro atoms. The van der Waals surface area contributed by atoms with E-state index in [2.05, 4.69) is 23.5 Å². The molecule has 0 radical (unpaired) electrons. The largest absolute Gasteiger partial charge is 0.377 e. The molecule has 0 aliphatic rings. The van der Waals surface area contributed by atoms with Crippen molar-refractivity contribution in [2.45, 2.75) is 34.3 Å². The molecule has 1 aromatic rings. The Bertz CT molecular complexity index is 496. The third-order valence-electron chi connectivity index (χ3n) is 3.01. The second-order valence-corrected chi connectivity index (χ2v) is 4.40. The number of hydrogen-bond donors (Lipinski definition) is 2. The first-order valence-corrected chi connectivity index (χ1v) is 6.23. The van der Waals surface area contributed by atoms with E-state index in [0.29, 0.717) is 13.2 Å². The first kappa shape index (κ1) is 15.2. The summed E-state index contributed by atoms with van der Waals surface area (Å²) in [4.78, 5) is 10.6. The Hall–Kier alpha value is -1.88. The molecule has 0 saturated heterocycles. The van der Waals surface area contributed by atoms with Crippen LogP contribution in [0.1, 0.15) is 34.7 Å². The van der Waals surface area contributed by atoms with Gasteiger partial charge in [-0.2, -0.15) is 5.10 Å². The van der Waals surface area contributed by atoms with Crippen LogP contribution in [0.3, 0.4) is 0 Å². The molecule has 0 unspecified atom stereocenters. The minimum atomic E-state index is -0.673. The fraction of sp³-hybridized carbons (Fsp3) is 0.429. The van der Waals surface area contributed by atoms with Gasteiger partial charge in [0.25, 0.3) is 0 Å². The number of nitrogens with two attached hydrogens (primary N) is 1. The summed E-state index contributed by atoms with van der Waals surface area (Å²) in [6, 6.07) is 1.42. The normalized spacial score (nSPS) is 10.9. The Kier molecular flexibility index (Phi) is 5.51. The lowest BCUT2D eigenvalue weighted by atomic mass is 9.94. The van der Waals surface area contributed by atoms with Crippen LogP contribution in [0.15, 0.2) is 11.2 Å². The Morgan fingerprint density at radius 1 is 1.42 bits per heavy atom. The highest BCUT2D eigenvalue weighted by atomic mass is 16.5. The monoisotopic (exact) mass is 263 g/mol. The number of nitrogens with one attached hydrogen (secondary N) is 1. The van der Waals surface area contributed by atoms with Crippen molar-refractivity contribution in [3.63, 3.8) is 0 Å². The highest BCUT2D eigenvalue weighted by Crippen LogP contribution is 2.21. The zero-order chi connectivity index (χ0) is 14.4. The van der Waals surface area contributed by atoms with Gasteiger partial charge in [0.15, 0.2) is 0 Å². The second-order valence-electron chi connectivity index (χ2n) is 4.40. The van der Waals surface area contributed by atoms with Gasteiger partial charge in [0.2, 0.25) is 0 Å². The fourth-order valence-electron chi connectivity index (χ4n) is 2.03. The van der Waals surface area contributed by atoms with Crippen molar-refractivity contribution in [3.05, 3.63) is 33.9 Å². The number of aryl methyl sites for hydroxylation is 2. The molecular formula is C14H21N3O2. The number of nitrogens with zero attached hydrogens (tertiary/aromatic N) is 1. The molecule has 0 fully saturated rings. The summed E-state index contributed by atoms with van der Waals surface area (Å²) in [5.41, 5.74) is 12.7. The summed E-state index contributed by atoms with van der Waals surface area (Å²) in [5, 5.41) is 3.82. The first-order valence-electron chi connectivity index (χ1n) is 6.23. The predicted molar refractivity (Wildman–Crippen MR) is 76.3 cm³/mol. The molecule has 5 nitrogen and oxygen atoms in total. The Balaban J connectivity index is 3.09. The number of ether oxygens (including phenoxy) is 1. The third-order valence-corrected chi connectivity index (χ3v) is 3.01. The number of hydrazone groups is 1. The number of benzene rings is 1. The van der Waals surface area contributed by atoms with Crippen molar-refractivity contribution in [1.29, 1.82) is 0 Å². The zero-order valence-electron chi connectivity index (χ0n) is 11.9. The molecule has 0 aliphatic carbocycles. The maximum atomic E-state index is 10.6. The molecule has 104 valence electrons. The summed E-state index contributed by atoms with van der Waals surface area (Å²) < 4.78 is 5.48. The van der Waals surface area contributed by atoms with Crippen LogP contribution in [-0.4, -0.2) is 18.9 Å². The van der Waals surface area contributed by atoms with Gasteiger partial charge in [0.05, 0.1) is 12.8 Å². The average molecular weight is 263 g/mol. The van der Waals surface area contributed by atoms with Crippen molar-refractivity contribution in [1.82, 2.24) is 5.43 Å². The molecule has 5 heteroatoms. The van der Waals surface area contributed by atoms with E-state index in [-0.39, 0.29) is 0 Å². The number of rotatable bonds is 5. The molecule has 0 aromatic heterocycles. The molecule has 19 heavy (non-hydrogen) atoms. The minimum absolute atomic E-state index is 0.582. The van der Waals surface area contributed by atoms with Gasteiger partial charge in [-0.1, -0.05) is 6.07 Å². The van der Waals surface area contributed by atoms with E-state index in [1.807, 2.05) is 20.8 Å². The molecule has 0 atom stereocenters. The van der Waals surface area contributed by atoms with E-state index >= 15 is 0 Å². The van der Waals surface area contributed by atoms with Gasteiger partial charge >= 0.3 is 6.03 Å². The van der Waals surface area contributed by atoms with Crippen molar-refractivity contribution in [2.24, 2.45) is 10.8 Å². The summed E-state index contributed by atoms with van der Waals surface area (Å²) in [5.74, 6) is 0. The van der Waals surface area contributed by atoms with Crippen molar-refractivity contribution >= 4 is 12.2 Å². The first-order chi connectivity index (χ1) is 8.97. The van der Waals surface area contributed by atoms with E-state index in [4.69, 9.17) is 10.5 Å². The van der Waals surface area contributed by atoms with Crippen LogP contribution < -0.4 is 11.2 Å². The maximum Gasteiger partial charge on any atom is 0.332 e. The van der Waals surface area contributed by atoms with Crippen LogP contribution in [0.2, 0.25) is 0 Å². The lowest BCUT2D eigenvalue weighted by Crippen LogP contribution is -2.24. The van der Waals surface area contributed by atoms with Gasteiger partial charge in [-0.15, -0.1) is 0 Å². The van der Waals surface area contributed by atoms with Crippen LogP contribution in [0.4, 0.5) is 4.79 Å². The SMILES string of the molecule is CCOCc1c(C)cc(C)c(/C=N\NC(N)=O)c1C. The topological polar surface area (TPSA) is 76.7 Å². The summed E-state index contributed by atoms with van der Waals surface area (Å²) >= 11 is 0. The number of primary amides is 1. The number of amides is 2. The molecular weight excluding hydrogens is 242 g/mol. The highest BCUT2D eigenvalue weighted by Gasteiger charge is 2.09. The number of carbonyl (C=O) groups is 1. The van der Waals surface area contributed by atoms with Crippen LogP contribution >= 0.6 is 0 Å². The van der Waals surface area contributed by atoms with Crippen molar-refractivity contribution in [3.8, 4) is 0 Å². The Labute approximate surface area is 113 Å². The van der Waals surface area contributed by atoms with Gasteiger partial charge in [0.1, 0.15) is 0 Å². The lowest BCUT2D eigenvalue weighted by Gasteiger charge is -2.15. The maximum absolute atomic E-state index is 10.6. The second kappa shape index (κ2) is 6.89. The molecule has 0 heterocycles. The summed E-state index contributed by atoms with van der Waals surface area (Å²) in [6.45, 7) is 9.34. The third kappa shape index (κ3) is 4.06. The van der Waals surface area contributed by atoms with Gasteiger partial charge in [0, 0.05) is 12.2 Å². The van der Waals surface area contributed by atoms with Gasteiger partial charge < -0.3 is 10.5 Å². The average Bonchev–Trinajstić information content (AvgIpc) is 2.32. The quantitative estimate of drug-likeness (QED) is 0.630. The van der Waals surface area contributed by atoms with Crippen molar-refractivity contribution in [2.75, 3.05) is 6.61 Å². The summed E-state index contributed by atoms with van der Waals surface area (Å²) in [7, 11) is 0. The van der Waals surface area contributed by atoms with Crippen LogP contribution in [0, 0.1) is 20.8 Å². The predicted octanol–water partition coefficient (Wildman–Crippen LogP) is 2.15. The van der Waals surface area contributed by atoms with Crippen molar-refractivity contribution < 1.29 is 9.53 Å². The van der Waals surface area contributed by atoms with Gasteiger partial charge in [-0.3, -0.25) is 0 Å². The Morgan fingerprint density at radius 3 is 2.68 bits per heavy atom. The molecule has 1 rings (SSSR count). The smallest absolute Gasteiger partial charge is 0.332 e. The van der Waals surface area contributed by atoms with E-state index in [0.717, 1.165) is 22.3 Å².